The van der Waals surface area contributed by atoms with E-state index in [0.29, 0.717) is 5.69 Å². The molecule has 0 aromatic carbocycles. The lowest BCUT2D eigenvalue weighted by molar-refractivity contribution is 0.0739. The van der Waals surface area contributed by atoms with Gasteiger partial charge in [0.25, 0.3) is 5.56 Å². The normalized spacial score (nSPS) is 17.9. The molecule has 2 N–H and O–H groups in total. The second-order valence-corrected chi connectivity index (χ2v) is 5.13. The molecule has 1 saturated carbocycles. The van der Waals surface area contributed by atoms with E-state index in [1.54, 1.807) is 6.20 Å². The highest BCUT2D eigenvalue weighted by Gasteiger charge is 2.38. The molecular weight excluding hydrogens is 240 g/mol. The molecule has 94 valence electrons. The number of halogens is 1. The van der Waals surface area contributed by atoms with Crippen molar-refractivity contribution in [2.24, 2.45) is 0 Å². The van der Waals surface area contributed by atoms with Crippen molar-refractivity contribution in [2.45, 2.75) is 24.8 Å². The summed E-state index contributed by atoms with van der Waals surface area (Å²) in [5.41, 5.74) is 0.430. The van der Waals surface area contributed by atoms with Gasteiger partial charge in [0, 0.05) is 12.1 Å². The van der Waals surface area contributed by atoms with Gasteiger partial charge in [-0.1, -0.05) is 11.6 Å². The third kappa shape index (κ3) is 2.30. The summed E-state index contributed by atoms with van der Waals surface area (Å²) in [5.74, 6) is 0. The first-order chi connectivity index (χ1) is 8.05. The van der Waals surface area contributed by atoms with E-state index in [9.17, 15) is 4.79 Å². The van der Waals surface area contributed by atoms with Crippen molar-refractivity contribution in [3.63, 3.8) is 0 Å². The monoisotopic (exact) mass is 256 g/mol. The minimum Gasteiger partial charge on any atom is -0.381 e. The number of nitrogens with one attached hydrogen (secondary N) is 2. The number of anilines is 1. The average molecular weight is 257 g/mol. The minimum atomic E-state index is -0.357. The fraction of sp³-hybridized carbons (Fsp3) is 0.636. The van der Waals surface area contributed by atoms with Gasteiger partial charge in [0.15, 0.2) is 0 Å². The molecule has 1 aromatic rings. The lowest BCUT2D eigenvalue weighted by Gasteiger charge is -2.47. The maximum Gasteiger partial charge on any atom is 0.285 e. The molecule has 0 aliphatic heterocycles. The Labute approximate surface area is 105 Å². The van der Waals surface area contributed by atoms with Crippen LogP contribution in [0.2, 0.25) is 5.02 Å². The highest BCUT2D eigenvalue weighted by atomic mass is 35.5. The van der Waals surface area contributed by atoms with Crippen molar-refractivity contribution in [3.05, 3.63) is 21.6 Å². The smallest absolute Gasteiger partial charge is 0.285 e. The number of aromatic amines is 1. The zero-order valence-electron chi connectivity index (χ0n) is 10.1. The molecule has 0 spiro atoms. The molecule has 0 radical (unpaired) electrons. The van der Waals surface area contributed by atoms with E-state index in [0.717, 1.165) is 6.54 Å². The van der Waals surface area contributed by atoms with Gasteiger partial charge in [0.2, 0.25) is 0 Å². The van der Waals surface area contributed by atoms with Crippen molar-refractivity contribution in [1.82, 2.24) is 15.1 Å². The van der Waals surface area contributed by atoms with Gasteiger partial charge in [-0.25, -0.2) is 5.10 Å². The molecule has 2 rings (SSSR count). The molecule has 1 heterocycles. The van der Waals surface area contributed by atoms with E-state index in [1.807, 2.05) is 0 Å². The summed E-state index contributed by atoms with van der Waals surface area (Å²) >= 11 is 5.90. The van der Waals surface area contributed by atoms with Gasteiger partial charge in [-0.15, -0.1) is 0 Å². The number of rotatable bonds is 4. The quantitative estimate of drug-likeness (QED) is 0.853. The Morgan fingerprint density at radius 1 is 1.59 bits per heavy atom. The number of hydrogen-bond donors (Lipinski definition) is 2. The average Bonchev–Trinajstić information content (AvgIpc) is 2.22. The van der Waals surface area contributed by atoms with Crippen LogP contribution in [0, 0.1) is 0 Å². The van der Waals surface area contributed by atoms with Crippen LogP contribution in [0.4, 0.5) is 5.69 Å². The summed E-state index contributed by atoms with van der Waals surface area (Å²) in [6, 6.07) is 0. The molecule has 6 heteroatoms. The molecule has 1 aliphatic carbocycles. The summed E-state index contributed by atoms with van der Waals surface area (Å²) in [7, 11) is 4.16. The van der Waals surface area contributed by atoms with Crippen LogP contribution in [0.3, 0.4) is 0 Å². The van der Waals surface area contributed by atoms with Crippen LogP contribution in [0.1, 0.15) is 19.3 Å². The molecule has 0 saturated heterocycles. The van der Waals surface area contributed by atoms with E-state index in [-0.39, 0.29) is 16.1 Å². The lowest BCUT2D eigenvalue weighted by atomic mass is 9.75. The van der Waals surface area contributed by atoms with Crippen LogP contribution in [-0.4, -0.2) is 41.3 Å². The van der Waals surface area contributed by atoms with E-state index in [4.69, 9.17) is 11.6 Å². The summed E-state index contributed by atoms with van der Waals surface area (Å²) in [5, 5.41) is 9.43. The lowest BCUT2D eigenvalue weighted by Crippen LogP contribution is -2.54. The zero-order chi connectivity index (χ0) is 12.5. The van der Waals surface area contributed by atoms with Crippen molar-refractivity contribution in [2.75, 3.05) is 26.0 Å². The number of nitrogens with zero attached hydrogens (tertiary/aromatic N) is 2. The van der Waals surface area contributed by atoms with Crippen LogP contribution >= 0.6 is 11.6 Å². The standard InChI is InChI=1S/C11H17ClN4O/c1-16(2)11(4-3-5-11)7-13-8-6-14-15-10(17)9(8)12/h6H,3-5,7H2,1-2H3,(H2,13,15,17). The van der Waals surface area contributed by atoms with Crippen molar-refractivity contribution >= 4 is 17.3 Å². The van der Waals surface area contributed by atoms with Gasteiger partial charge >= 0.3 is 0 Å². The predicted molar refractivity (Wildman–Crippen MR) is 68.6 cm³/mol. The summed E-state index contributed by atoms with van der Waals surface area (Å²) in [6.07, 6.45) is 5.13. The fourth-order valence-electron chi connectivity index (χ4n) is 2.13. The number of likely N-dealkylation sites (N-methyl/N-ethyl adjacent to an activating group) is 1. The Bertz CT molecular complexity index is 453. The maximum atomic E-state index is 11.3. The van der Waals surface area contributed by atoms with E-state index >= 15 is 0 Å². The van der Waals surface area contributed by atoms with Crippen LogP contribution in [0.5, 0.6) is 0 Å². The van der Waals surface area contributed by atoms with E-state index in [2.05, 4.69) is 34.5 Å². The molecule has 0 atom stereocenters. The Kier molecular flexibility index (Phi) is 3.40. The summed E-state index contributed by atoms with van der Waals surface area (Å²) in [6.45, 7) is 0.783. The molecule has 17 heavy (non-hydrogen) atoms. The Morgan fingerprint density at radius 3 is 2.82 bits per heavy atom. The van der Waals surface area contributed by atoms with Crippen LogP contribution in [0.15, 0.2) is 11.0 Å². The number of aromatic nitrogens is 2. The largest absolute Gasteiger partial charge is 0.381 e. The zero-order valence-corrected chi connectivity index (χ0v) is 10.8. The fourth-order valence-corrected chi connectivity index (χ4v) is 2.29. The first-order valence-electron chi connectivity index (χ1n) is 5.70. The van der Waals surface area contributed by atoms with Gasteiger partial charge < -0.3 is 10.2 Å². The molecule has 0 bridgehead atoms. The summed E-state index contributed by atoms with van der Waals surface area (Å²) < 4.78 is 0. The second kappa shape index (κ2) is 4.66. The van der Waals surface area contributed by atoms with E-state index in [1.165, 1.54) is 19.3 Å². The summed E-state index contributed by atoms with van der Waals surface area (Å²) in [4.78, 5) is 13.5. The Balaban J connectivity index is 2.07. The Hall–Kier alpha value is -1.07. The third-order valence-electron chi connectivity index (χ3n) is 3.64. The van der Waals surface area contributed by atoms with Gasteiger partial charge in [0.1, 0.15) is 5.02 Å². The molecule has 1 aliphatic rings. The highest BCUT2D eigenvalue weighted by molar-refractivity contribution is 6.32. The van der Waals surface area contributed by atoms with Gasteiger partial charge in [-0.2, -0.15) is 5.10 Å². The molecule has 1 aromatic heterocycles. The van der Waals surface area contributed by atoms with E-state index < -0.39 is 0 Å². The van der Waals surface area contributed by atoms with Crippen LogP contribution in [-0.2, 0) is 0 Å². The first-order valence-corrected chi connectivity index (χ1v) is 6.07. The molecule has 0 amide bonds. The SMILES string of the molecule is CN(C)C1(CNc2cn[nH]c(=O)c2Cl)CCC1. The second-order valence-electron chi connectivity index (χ2n) is 4.75. The van der Waals surface area contributed by atoms with Crippen LogP contribution in [0.25, 0.3) is 0 Å². The molecular formula is C11H17ClN4O. The van der Waals surface area contributed by atoms with Crippen LogP contribution < -0.4 is 10.9 Å². The van der Waals surface area contributed by atoms with Crippen molar-refractivity contribution in [1.29, 1.82) is 0 Å². The highest BCUT2D eigenvalue weighted by Crippen LogP contribution is 2.36. The Morgan fingerprint density at radius 2 is 2.29 bits per heavy atom. The number of H-pyrrole nitrogens is 1. The molecule has 0 unspecified atom stereocenters. The third-order valence-corrected chi connectivity index (χ3v) is 4.01. The maximum absolute atomic E-state index is 11.3. The predicted octanol–water partition coefficient (Wildman–Crippen LogP) is 1.32. The molecule has 1 fully saturated rings. The topological polar surface area (TPSA) is 61.0 Å². The van der Waals surface area contributed by atoms with Crippen molar-refractivity contribution in [3.8, 4) is 0 Å². The van der Waals surface area contributed by atoms with Crippen molar-refractivity contribution < 1.29 is 0 Å². The van der Waals surface area contributed by atoms with Gasteiger partial charge in [-0.05, 0) is 33.4 Å². The molecule has 5 nitrogen and oxygen atoms in total. The van der Waals surface area contributed by atoms with Gasteiger partial charge in [0.05, 0.1) is 11.9 Å². The number of hydrogen-bond acceptors (Lipinski definition) is 4. The van der Waals surface area contributed by atoms with Gasteiger partial charge in [-0.3, -0.25) is 4.79 Å². The first kappa shape index (κ1) is 12.4. The minimum absolute atomic E-state index is 0.174.